The summed E-state index contributed by atoms with van der Waals surface area (Å²) >= 11 is 0. The zero-order chi connectivity index (χ0) is 12.6. The van der Waals surface area contributed by atoms with E-state index >= 15 is 0 Å². The Hall–Kier alpha value is -0.0900. The first-order chi connectivity index (χ1) is 7.16. The second-order valence-electron chi connectivity index (χ2n) is 3.38. The van der Waals surface area contributed by atoms with E-state index in [0.717, 1.165) is 0 Å². The number of ether oxygens (including phenoxy) is 1. The Labute approximate surface area is 90.1 Å². The molecule has 0 aliphatic carbocycles. The maximum atomic E-state index is 10.2. The molecule has 96 valence electrons. The molecule has 1 aliphatic rings. The van der Waals surface area contributed by atoms with Crippen molar-refractivity contribution < 1.29 is 44.0 Å². The van der Waals surface area contributed by atoms with Gasteiger partial charge in [-0.3, -0.25) is 0 Å². The Balaban J connectivity index is 2.66. The number of rotatable bonds is 3. The normalized spacial score (nSPS) is 41.0. The van der Waals surface area contributed by atoms with E-state index in [1.54, 1.807) is 0 Å². The van der Waals surface area contributed by atoms with E-state index in [2.05, 4.69) is 9.26 Å². The number of aliphatic hydroxyl groups is 4. The molecule has 0 amide bonds. The van der Waals surface area contributed by atoms with Gasteiger partial charge in [-0.1, -0.05) is 0 Å². The summed E-state index contributed by atoms with van der Waals surface area (Å²) < 4.78 is 18.4. The molecule has 0 spiro atoms. The van der Waals surface area contributed by atoms with Crippen LogP contribution in [0, 0.1) is 0 Å². The topological polar surface area (TPSA) is 163 Å². The molecule has 0 unspecified atom stereocenters. The molecular formula is C6H11O9P-2. The molecule has 16 heavy (non-hydrogen) atoms. The average Bonchev–Trinajstić information content (AvgIpc) is 2.18. The molecule has 0 saturated carbocycles. The minimum atomic E-state index is -5.33. The summed E-state index contributed by atoms with van der Waals surface area (Å²) in [6, 6.07) is 0. The van der Waals surface area contributed by atoms with Gasteiger partial charge in [0.15, 0.2) is 0 Å². The molecule has 0 aromatic carbocycles. The van der Waals surface area contributed by atoms with Crippen molar-refractivity contribution in [2.24, 2.45) is 0 Å². The van der Waals surface area contributed by atoms with Gasteiger partial charge in [0, 0.05) is 0 Å². The van der Waals surface area contributed by atoms with Crippen molar-refractivity contribution in [3.63, 3.8) is 0 Å². The van der Waals surface area contributed by atoms with Crippen molar-refractivity contribution in [1.82, 2.24) is 0 Å². The highest BCUT2D eigenvalue weighted by Crippen LogP contribution is 2.31. The van der Waals surface area contributed by atoms with Gasteiger partial charge >= 0.3 is 0 Å². The predicted molar refractivity (Wildman–Crippen MR) is 42.5 cm³/mol. The van der Waals surface area contributed by atoms with Crippen LogP contribution in [0.2, 0.25) is 0 Å². The van der Waals surface area contributed by atoms with Crippen LogP contribution in [0.4, 0.5) is 0 Å². The number of phosphoric acid groups is 1. The standard InChI is InChI=1S/C6H13O9P/c7-3-1-14-6(10,5(9)4(3)8)2-15-16(11,12)13/h3-5,7-10H,1-2H2,(H2,11,12,13)/p-2/t3-,4-,5+,6+/m1/s1. The molecule has 1 heterocycles. The molecule has 0 aromatic heterocycles. The van der Waals surface area contributed by atoms with Gasteiger partial charge in [-0.05, 0) is 0 Å². The first-order valence-corrected chi connectivity index (χ1v) is 5.69. The van der Waals surface area contributed by atoms with Crippen LogP contribution < -0.4 is 9.79 Å². The van der Waals surface area contributed by atoms with Crippen molar-refractivity contribution in [2.45, 2.75) is 24.1 Å². The van der Waals surface area contributed by atoms with E-state index in [4.69, 9.17) is 5.11 Å². The van der Waals surface area contributed by atoms with Gasteiger partial charge in [-0.25, -0.2) is 0 Å². The second-order valence-corrected chi connectivity index (χ2v) is 4.53. The Morgan fingerprint density at radius 1 is 1.44 bits per heavy atom. The molecule has 1 aliphatic heterocycles. The highest BCUT2D eigenvalue weighted by molar-refractivity contribution is 7.43. The number of hydrogen-bond acceptors (Lipinski definition) is 9. The minimum absolute atomic E-state index is 0.542. The zero-order valence-corrected chi connectivity index (χ0v) is 8.82. The van der Waals surface area contributed by atoms with Gasteiger partial charge in [0.25, 0.3) is 0 Å². The van der Waals surface area contributed by atoms with Gasteiger partial charge in [0.1, 0.15) is 24.9 Å². The third-order valence-corrected chi connectivity index (χ3v) is 2.56. The summed E-state index contributed by atoms with van der Waals surface area (Å²) in [5.74, 6) is -2.55. The van der Waals surface area contributed by atoms with Crippen LogP contribution in [-0.2, 0) is 13.8 Å². The third kappa shape index (κ3) is 3.20. The van der Waals surface area contributed by atoms with Crippen molar-refractivity contribution in [3.05, 3.63) is 0 Å². The summed E-state index contributed by atoms with van der Waals surface area (Å²) in [5, 5.41) is 37.1. The molecule has 4 atom stereocenters. The zero-order valence-electron chi connectivity index (χ0n) is 7.92. The maximum absolute atomic E-state index is 10.2. The second kappa shape index (κ2) is 4.65. The van der Waals surface area contributed by atoms with Gasteiger partial charge in [0.05, 0.1) is 14.4 Å². The predicted octanol–water partition coefficient (Wildman–Crippen LogP) is -4.37. The van der Waals surface area contributed by atoms with Crippen molar-refractivity contribution >= 4 is 7.82 Å². The van der Waals surface area contributed by atoms with Gasteiger partial charge in [-0.2, -0.15) is 0 Å². The fourth-order valence-corrected chi connectivity index (χ4v) is 1.53. The van der Waals surface area contributed by atoms with Crippen molar-refractivity contribution in [2.75, 3.05) is 13.2 Å². The van der Waals surface area contributed by atoms with Gasteiger partial charge in [-0.15, -0.1) is 0 Å². The van der Waals surface area contributed by atoms with Crippen molar-refractivity contribution in [1.29, 1.82) is 0 Å². The van der Waals surface area contributed by atoms with Crippen LogP contribution in [0.3, 0.4) is 0 Å². The lowest BCUT2D eigenvalue weighted by molar-refractivity contribution is -0.363. The molecule has 9 nitrogen and oxygen atoms in total. The lowest BCUT2D eigenvalue weighted by atomic mass is 9.98. The molecular weight excluding hydrogens is 247 g/mol. The van der Waals surface area contributed by atoms with E-state index in [9.17, 15) is 29.7 Å². The van der Waals surface area contributed by atoms with Crippen molar-refractivity contribution in [3.8, 4) is 0 Å². The van der Waals surface area contributed by atoms with Gasteiger partial charge < -0.3 is 44.0 Å². The molecule has 1 saturated heterocycles. The molecule has 0 radical (unpaired) electrons. The van der Waals surface area contributed by atoms with Crippen LogP contribution in [0.15, 0.2) is 0 Å². The number of phosphoric ester groups is 1. The highest BCUT2D eigenvalue weighted by Gasteiger charge is 2.48. The molecule has 1 fully saturated rings. The summed E-state index contributed by atoms with van der Waals surface area (Å²) in [6.45, 7) is -1.71. The first-order valence-electron chi connectivity index (χ1n) is 4.23. The van der Waals surface area contributed by atoms with E-state index in [1.807, 2.05) is 0 Å². The fourth-order valence-electron chi connectivity index (χ4n) is 1.19. The summed E-state index contributed by atoms with van der Waals surface area (Å²) in [7, 11) is -5.33. The van der Waals surface area contributed by atoms with Crippen LogP contribution in [-0.4, -0.2) is 57.7 Å². The lowest BCUT2D eigenvalue weighted by Crippen LogP contribution is -2.62. The quantitative estimate of drug-likeness (QED) is 0.366. The average molecular weight is 258 g/mol. The lowest BCUT2D eigenvalue weighted by Gasteiger charge is -2.43. The monoisotopic (exact) mass is 258 g/mol. The van der Waals surface area contributed by atoms with Gasteiger partial charge in [0.2, 0.25) is 5.79 Å². The Bertz CT molecular complexity index is 290. The Morgan fingerprint density at radius 2 is 2.00 bits per heavy atom. The van der Waals surface area contributed by atoms with E-state index in [0.29, 0.717) is 0 Å². The number of aliphatic hydroxyl groups excluding tert-OH is 3. The minimum Gasteiger partial charge on any atom is -0.790 e. The molecule has 4 N–H and O–H groups in total. The molecule has 0 aromatic rings. The molecule has 10 heteroatoms. The largest absolute Gasteiger partial charge is 0.790 e. The maximum Gasteiger partial charge on any atom is 0.219 e. The number of hydrogen-bond donors (Lipinski definition) is 4. The van der Waals surface area contributed by atoms with Crippen LogP contribution in [0.25, 0.3) is 0 Å². The fraction of sp³-hybridized carbons (Fsp3) is 1.00. The highest BCUT2D eigenvalue weighted by atomic mass is 31.2. The van der Waals surface area contributed by atoms with Crippen LogP contribution >= 0.6 is 7.82 Å². The van der Waals surface area contributed by atoms with Crippen LogP contribution in [0.5, 0.6) is 0 Å². The van der Waals surface area contributed by atoms with Crippen LogP contribution in [0.1, 0.15) is 0 Å². The smallest absolute Gasteiger partial charge is 0.219 e. The van der Waals surface area contributed by atoms with E-state index < -0.39 is 45.1 Å². The summed E-state index contributed by atoms with van der Waals surface area (Å²) in [6.07, 6.45) is -5.16. The molecule has 1 rings (SSSR count). The summed E-state index contributed by atoms with van der Waals surface area (Å²) in [4.78, 5) is 20.3. The molecule has 0 bridgehead atoms. The Kier molecular flexibility index (Phi) is 4.06. The summed E-state index contributed by atoms with van der Waals surface area (Å²) in [5.41, 5.74) is 0. The SMILES string of the molecule is O=P([O-])([O-])OC[C@]1(O)OC[C@@H](O)[C@@H](O)[C@@H]1O. The van der Waals surface area contributed by atoms with E-state index in [-0.39, 0.29) is 0 Å². The van der Waals surface area contributed by atoms with E-state index in [1.165, 1.54) is 0 Å². The Morgan fingerprint density at radius 3 is 2.50 bits per heavy atom. The third-order valence-electron chi connectivity index (χ3n) is 2.11. The first kappa shape index (κ1) is 14.0.